The van der Waals surface area contributed by atoms with Gasteiger partial charge in [-0.2, -0.15) is 0 Å². The van der Waals surface area contributed by atoms with E-state index in [1.54, 1.807) is 0 Å². The van der Waals surface area contributed by atoms with E-state index in [0.717, 1.165) is 12.0 Å². The Bertz CT molecular complexity index is 408. The Kier molecular flexibility index (Phi) is 3.87. The fourth-order valence-corrected chi connectivity index (χ4v) is 2.08. The van der Waals surface area contributed by atoms with Gasteiger partial charge >= 0.3 is 6.03 Å². The maximum Gasteiger partial charge on any atom is 0.315 e. The number of carbonyl (C=O) groups is 1. The van der Waals surface area contributed by atoms with Crippen LogP contribution in [-0.2, 0) is 11.3 Å². The summed E-state index contributed by atoms with van der Waals surface area (Å²) in [7, 11) is 0. The van der Waals surface area contributed by atoms with E-state index < -0.39 is 0 Å². The summed E-state index contributed by atoms with van der Waals surface area (Å²) in [5, 5.41) is 5.87. The van der Waals surface area contributed by atoms with Crippen molar-refractivity contribution in [1.82, 2.24) is 10.6 Å². The first-order chi connectivity index (χ1) is 8.60. The van der Waals surface area contributed by atoms with Crippen molar-refractivity contribution >= 4 is 6.03 Å². The molecule has 1 fully saturated rings. The topological polar surface area (TPSA) is 50.4 Å². The highest BCUT2D eigenvalue weighted by molar-refractivity contribution is 5.74. The van der Waals surface area contributed by atoms with Gasteiger partial charge in [-0.15, -0.1) is 0 Å². The summed E-state index contributed by atoms with van der Waals surface area (Å²) in [5.74, 6) is 0. The molecule has 1 saturated heterocycles. The highest BCUT2D eigenvalue weighted by Gasteiger charge is 2.38. The van der Waals surface area contributed by atoms with Crippen molar-refractivity contribution in [3.63, 3.8) is 0 Å². The second-order valence-corrected chi connectivity index (χ2v) is 4.97. The summed E-state index contributed by atoms with van der Waals surface area (Å²) in [6.45, 7) is 5.26. The fraction of sp³-hybridized carbons (Fsp3) is 0.500. The molecule has 2 N–H and O–H groups in total. The van der Waals surface area contributed by atoms with Crippen molar-refractivity contribution in [1.29, 1.82) is 0 Å². The molecule has 1 aromatic carbocycles. The molecular weight excluding hydrogens is 228 g/mol. The average molecular weight is 248 g/mol. The van der Waals surface area contributed by atoms with Crippen molar-refractivity contribution in [3.8, 4) is 0 Å². The van der Waals surface area contributed by atoms with E-state index in [1.165, 1.54) is 0 Å². The first-order valence-corrected chi connectivity index (χ1v) is 6.32. The van der Waals surface area contributed by atoms with Gasteiger partial charge in [-0.3, -0.25) is 0 Å². The molecule has 1 heterocycles. The van der Waals surface area contributed by atoms with Gasteiger partial charge in [0.25, 0.3) is 0 Å². The van der Waals surface area contributed by atoms with E-state index in [4.69, 9.17) is 4.74 Å². The molecular formula is C14H20N2O2. The Morgan fingerprint density at radius 3 is 2.78 bits per heavy atom. The van der Waals surface area contributed by atoms with Crippen molar-refractivity contribution in [2.45, 2.75) is 38.5 Å². The molecule has 18 heavy (non-hydrogen) atoms. The molecule has 1 aromatic rings. The summed E-state index contributed by atoms with van der Waals surface area (Å²) in [5.41, 5.74) is 0.828. The molecule has 4 heteroatoms. The van der Waals surface area contributed by atoms with Gasteiger partial charge in [0, 0.05) is 13.2 Å². The smallest absolute Gasteiger partial charge is 0.315 e. The van der Waals surface area contributed by atoms with Crippen LogP contribution in [0.1, 0.15) is 25.8 Å². The number of hydrogen-bond acceptors (Lipinski definition) is 2. The van der Waals surface area contributed by atoms with Crippen molar-refractivity contribution in [2.24, 2.45) is 0 Å². The molecule has 0 aliphatic carbocycles. The SMILES string of the molecule is CC1OCCC1(C)NC(=O)NCc1ccccc1. The Hall–Kier alpha value is -1.55. The summed E-state index contributed by atoms with van der Waals surface area (Å²) >= 11 is 0. The number of amides is 2. The molecule has 4 nitrogen and oxygen atoms in total. The molecule has 2 amide bonds. The van der Waals surface area contributed by atoms with Crippen molar-refractivity contribution in [3.05, 3.63) is 35.9 Å². The lowest BCUT2D eigenvalue weighted by Crippen LogP contribution is -2.53. The van der Waals surface area contributed by atoms with Gasteiger partial charge in [0.1, 0.15) is 0 Å². The highest BCUT2D eigenvalue weighted by atomic mass is 16.5. The third-order valence-corrected chi connectivity index (χ3v) is 3.58. The van der Waals surface area contributed by atoms with Crippen LogP contribution in [0.4, 0.5) is 4.79 Å². The maximum absolute atomic E-state index is 11.8. The molecule has 98 valence electrons. The van der Waals surface area contributed by atoms with Gasteiger partial charge < -0.3 is 15.4 Å². The standard InChI is InChI=1S/C14H20N2O2/c1-11-14(2,8-9-18-11)16-13(17)15-10-12-6-4-3-5-7-12/h3-7,11H,8-10H2,1-2H3,(H2,15,16,17). The lowest BCUT2D eigenvalue weighted by atomic mass is 9.95. The molecule has 0 aromatic heterocycles. The number of nitrogens with one attached hydrogen (secondary N) is 2. The predicted octanol–water partition coefficient (Wildman–Crippen LogP) is 2.05. The third kappa shape index (κ3) is 3.01. The van der Waals surface area contributed by atoms with E-state index in [9.17, 15) is 4.79 Å². The van der Waals surface area contributed by atoms with Gasteiger partial charge in [-0.25, -0.2) is 4.79 Å². The third-order valence-electron chi connectivity index (χ3n) is 3.58. The van der Waals surface area contributed by atoms with Crippen molar-refractivity contribution in [2.75, 3.05) is 6.61 Å². The summed E-state index contributed by atoms with van der Waals surface area (Å²) < 4.78 is 5.49. The molecule has 2 rings (SSSR count). The summed E-state index contributed by atoms with van der Waals surface area (Å²) in [6, 6.07) is 9.72. The van der Waals surface area contributed by atoms with Gasteiger partial charge in [-0.1, -0.05) is 30.3 Å². The van der Waals surface area contributed by atoms with Gasteiger partial charge in [0.15, 0.2) is 0 Å². The molecule has 1 aliphatic heterocycles. The lowest BCUT2D eigenvalue weighted by Gasteiger charge is -2.28. The molecule has 0 bridgehead atoms. The molecule has 2 unspecified atom stereocenters. The van der Waals surface area contributed by atoms with Crippen LogP contribution in [0.5, 0.6) is 0 Å². The molecule has 0 spiro atoms. The Balaban J connectivity index is 1.82. The number of urea groups is 1. The maximum atomic E-state index is 11.8. The second-order valence-electron chi connectivity index (χ2n) is 4.97. The van der Waals surface area contributed by atoms with E-state index >= 15 is 0 Å². The van der Waals surface area contributed by atoms with Crippen LogP contribution in [0.15, 0.2) is 30.3 Å². The minimum absolute atomic E-state index is 0.0555. The van der Waals surface area contributed by atoms with Gasteiger partial charge in [0.2, 0.25) is 0 Å². The summed E-state index contributed by atoms with van der Waals surface area (Å²) in [6.07, 6.45) is 0.910. The average Bonchev–Trinajstić information content (AvgIpc) is 2.68. The van der Waals surface area contributed by atoms with Crippen LogP contribution >= 0.6 is 0 Å². The minimum Gasteiger partial charge on any atom is -0.376 e. The first kappa shape index (κ1) is 12.9. The minimum atomic E-state index is -0.263. The van der Waals surface area contributed by atoms with Gasteiger partial charge in [-0.05, 0) is 25.8 Å². The van der Waals surface area contributed by atoms with E-state index in [2.05, 4.69) is 10.6 Å². The van der Waals surface area contributed by atoms with Crippen LogP contribution in [-0.4, -0.2) is 24.3 Å². The number of carbonyl (C=O) groups excluding carboxylic acids is 1. The number of hydrogen-bond donors (Lipinski definition) is 2. The highest BCUT2D eigenvalue weighted by Crippen LogP contribution is 2.24. The number of rotatable bonds is 3. The normalized spacial score (nSPS) is 26.9. The Morgan fingerprint density at radius 1 is 1.44 bits per heavy atom. The Morgan fingerprint density at radius 2 is 2.17 bits per heavy atom. The van der Waals surface area contributed by atoms with Gasteiger partial charge in [0.05, 0.1) is 11.6 Å². The lowest BCUT2D eigenvalue weighted by molar-refractivity contribution is 0.0911. The zero-order valence-electron chi connectivity index (χ0n) is 10.9. The van der Waals surface area contributed by atoms with Crippen molar-refractivity contribution < 1.29 is 9.53 Å². The molecule has 0 saturated carbocycles. The molecule has 1 aliphatic rings. The zero-order valence-corrected chi connectivity index (χ0v) is 10.9. The fourth-order valence-electron chi connectivity index (χ4n) is 2.08. The predicted molar refractivity (Wildman–Crippen MR) is 70.2 cm³/mol. The first-order valence-electron chi connectivity index (χ1n) is 6.32. The number of ether oxygens (including phenoxy) is 1. The van der Waals surface area contributed by atoms with Crippen LogP contribution < -0.4 is 10.6 Å². The van der Waals surface area contributed by atoms with Crippen LogP contribution in [0.3, 0.4) is 0 Å². The summed E-state index contributed by atoms with van der Waals surface area (Å²) in [4.78, 5) is 11.8. The van der Waals surface area contributed by atoms with E-state index in [1.807, 2.05) is 44.2 Å². The van der Waals surface area contributed by atoms with E-state index in [0.29, 0.717) is 13.2 Å². The quantitative estimate of drug-likeness (QED) is 0.860. The van der Waals surface area contributed by atoms with Crippen LogP contribution in [0.2, 0.25) is 0 Å². The second kappa shape index (κ2) is 5.40. The Labute approximate surface area is 108 Å². The molecule has 0 radical (unpaired) electrons. The van der Waals surface area contributed by atoms with E-state index in [-0.39, 0.29) is 17.7 Å². The zero-order chi connectivity index (χ0) is 13.0. The monoisotopic (exact) mass is 248 g/mol. The largest absolute Gasteiger partial charge is 0.376 e. The molecule has 2 atom stereocenters. The van der Waals surface area contributed by atoms with Crippen LogP contribution in [0.25, 0.3) is 0 Å². The number of benzene rings is 1. The van der Waals surface area contributed by atoms with Crippen LogP contribution in [0, 0.1) is 0 Å².